The molecule has 5 nitrogen and oxygen atoms in total. The topological polar surface area (TPSA) is 64.4 Å². The van der Waals surface area contributed by atoms with Crippen LogP contribution in [0.5, 0.6) is 0 Å². The molecule has 5 heteroatoms. The molecule has 1 aliphatic carbocycles. The summed E-state index contributed by atoms with van der Waals surface area (Å²) < 4.78 is 5.46. The molecule has 1 atom stereocenters. The molecular weight excluding hydrogens is 278 g/mol. The number of aromatic nitrogens is 2. The summed E-state index contributed by atoms with van der Waals surface area (Å²) in [4.78, 5) is 25.6. The van der Waals surface area contributed by atoms with Crippen LogP contribution < -0.4 is 0 Å². The Morgan fingerprint density at radius 1 is 1.18 bits per heavy atom. The van der Waals surface area contributed by atoms with Crippen molar-refractivity contribution in [3.63, 3.8) is 0 Å². The number of benzene rings is 1. The molecule has 4 rings (SSSR count). The molecule has 1 aliphatic heterocycles. The van der Waals surface area contributed by atoms with Crippen LogP contribution in [0.1, 0.15) is 29.3 Å². The number of fused-ring (bicyclic) bond motifs is 1. The van der Waals surface area contributed by atoms with Gasteiger partial charge in [0.05, 0.1) is 0 Å². The van der Waals surface area contributed by atoms with Gasteiger partial charge in [0.1, 0.15) is 12.9 Å². The summed E-state index contributed by atoms with van der Waals surface area (Å²) in [6, 6.07) is 5.81. The molecule has 2 aliphatic rings. The molecule has 0 fully saturated rings. The molecule has 0 radical (unpaired) electrons. The Labute approximate surface area is 128 Å². The van der Waals surface area contributed by atoms with E-state index in [1.807, 2.05) is 18.2 Å². The van der Waals surface area contributed by atoms with E-state index in [0.717, 1.165) is 28.7 Å². The van der Waals surface area contributed by atoms with Gasteiger partial charge in [-0.15, -0.1) is 0 Å². The van der Waals surface area contributed by atoms with Crippen molar-refractivity contribution < 1.29 is 9.53 Å². The maximum absolute atomic E-state index is 13.0. The zero-order chi connectivity index (χ0) is 15.2. The number of nitrogens with zero attached hydrogens (tertiary/aromatic N) is 3. The average Bonchev–Trinajstić information content (AvgIpc) is 2.94. The summed E-state index contributed by atoms with van der Waals surface area (Å²) in [6.07, 6.45) is 6.54. The Hall–Kier alpha value is -2.56. The van der Waals surface area contributed by atoms with E-state index in [2.05, 4.69) is 15.0 Å². The van der Waals surface area contributed by atoms with Gasteiger partial charge in [-0.05, 0) is 24.0 Å². The first-order chi connectivity index (χ1) is 10.7. The van der Waals surface area contributed by atoms with E-state index in [0.29, 0.717) is 18.9 Å². The van der Waals surface area contributed by atoms with Crippen LogP contribution in [0.15, 0.2) is 41.9 Å². The van der Waals surface area contributed by atoms with Crippen LogP contribution in [-0.2, 0) is 11.2 Å². The van der Waals surface area contributed by atoms with Crippen LogP contribution in [-0.4, -0.2) is 33.8 Å². The number of hydrogen-bond acceptors (Lipinski definition) is 5. The van der Waals surface area contributed by atoms with Crippen molar-refractivity contribution in [2.45, 2.75) is 25.3 Å². The van der Waals surface area contributed by atoms with Gasteiger partial charge in [0, 0.05) is 30.4 Å². The molecule has 0 saturated heterocycles. The van der Waals surface area contributed by atoms with Crippen molar-refractivity contribution in [2.24, 2.45) is 4.99 Å². The highest BCUT2D eigenvalue weighted by Gasteiger charge is 2.46. The number of ketones is 1. The largest absolute Gasteiger partial charge is 0.478 e. The van der Waals surface area contributed by atoms with E-state index in [9.17, 15) is 4.79 Å². The molecular formula is C17H15N3O2. The maximum atomic E-state index is 13.0. The second-order valence-electron chi connectivity index (χ2n) is 5.74. The average molecular weight is 293 g/mol. The number of ether oxygens (including phenoxy) is 1. The SMILES string of the molecule is CC1=N[C@@]2(CCc3c(cccc3-c3cncnc3)C2=O)CO1. The summed E-state index contributed by atoms with van der Waals surface area (Å²) in [7, 11) is 0. The third-order valence-corrected chi connectivity index (χ3v) is 4.39. The molecule has 1 spiro atoms. The Bertz CT molecular complexity index is 786. The third-order valence-electron chi connectivity index (χ3n) is 4.39. The fourth-order valence-corrected chi connectivity index (χ4v) is 3.31. The van der Waals surface area contributed by atoms with E-state index in [1.54, 1.807) is 19.3 Å². The monoisotopic (exact) mass is 293 g/mol. The molecule has 2 aromatic rings. The van der Waals surface area contributed by atoms with E-state index < -0.39 is 5.54 Å². The van der Waals surface area contributed by atoms with E-state index >= 15 is 0 Å². The minimum absolute atomic E-state index is 0.0595. The van der Waals surface area contributed by atoms with Crippen molar-refractivity contribution in [3.05, 3.63) is 48.0 Å². The Balaban J connectivity index is 1.83. The van der Waals surface area contributed by atoms with Crippen LogP contribution in [0.3, 0.4) is 0 Å². The highest BCUT2D eigenvalue weighted by atomic mass is 16.5. The van der Waals surface area contributed by atoms with Gasteiger partial charge in [-0.1, -0.05) is 18.2 Å². The summed E-state index contributed by atoms with van der Waals surface area (Å²) in [5.41, 5.74) is 3.05. The van der Waals surface area contributed by atoms with Crippen molar-refractivity contribution in [1.29, 1.82) is 0 Å². The lowest BCUT2D eigenvalue weighted by molar-refractivity contribution is 0.0835. The first kappa shape index (κ1) is 13.1. The smallest absolute Gasteiger partial charge is 0.194 e. The van der Waals surface area contributed by atoms with Crippen molar-refractivity contribution in [1.82, 2.24) is 9.97 Å². The molecule has 22 heavy (non-hydrogen) atoms. The lowest BCUT2D eigenvalue weighted by Crippen LogP contribution is -2.42. The minimum Gasteiger partial charge on any atom is -0.478 e. The van der Waals surface area contributed by atoms with E-state index in [4.69, 9.17) is 4.74 Å². The van der Waals surface area contributed by atoms with Crippen LogP contribution >= 0.6 is 0 Å². The maximum Gasteiger partial charge on any atom is 0.194 e. The summed E-state index contributed by atoms with van der Waals surface area (Å²) in [6.45, 7) is 2.16. The number of rotatable bonds is 1. The molecule has 0 bridgehead atoms. The second-order valence-corrected chi connectivity index (χ2v) is 5.74. The quantitative estimate of drug-likeness (QED) is 0.810. The molecule has 0 amide bonds. The van der Waals surface area contributed by atoms with Crippen LogP contribution in [0.25, 0.3) is 11.1 Å². The Morgan fingerprint density at radius 3 is 2.68 bits per heavy atom. The minimum atomic E-state index is -0.719. The van der Waals surface area contributed by atoms with Crippen molar-refractivity contribution >= 4 is 11.7 Å². The molecule has 1 aromatic carbocycles. The number of hydrogen-bond donors (Lipinski definition) is 0. The molecule has 0 saturated carbocycles. The van der Waals surface area contributed by atoms with Gasteiger partial charge in [-0.25, -0.2) is 15.0 Å². The van der Waals surface area contributed by atoms with Crippen LogP contribution in [0.4, 0.5) is 0 Å². The van der Waals surface area contributed by atoms with Gasteiger partial charge >= 0.3 is 0 Å². The molecule has 0 N–H and O–H groups in total. The normalized spacial score (nSPS) is 23.1. The van der Waals surface area contributed by atoms with Crippen LogP contribution in [0.2, 0.25) is 0 Å². The van der Waals surface area contributed by atoms with Gasteiger partial charge < -0.3 is 4.74 Å². The number of carbonyl (C=O) groups is 1. The van der Waals surface area contributed by atoms with Crippen molar-refractivity contribution in [2.75, 3.05) is 6.61 Å². The standard InChI is InChI=1S/C17H15N3O2/c1-11-20-17(9-22-11)6-5-14-13(12-7-18-10-19-8-12)3-2-4-15(14)16(17)21/h2-4,7-8,10H,5-6,9H2,1H3/t17-/m0/s1. The zero-order valence-electron chi connectivity index (χ0n) is 12.2. The fraction of sp³-hybridized carbons (Fsp3) is 0.294. The highest BCUT2D eigenvalue weighted by Crippen LogP contribution is 2.38. The van der Waals surface area contributed by atoms with Gasteiger partial charge in [0.25, 0.3) is 0 Å². The molecule has 0 unspecified atom stereocenters. The predicted octanol–water partition coefficient (Wildman–Crippen LogP) is 2.46. The second kappa shape index (κ2) is 4.73. The summed E-state index contributed by atoms with van der Waals surface area (Å²) >= 11 is 0. The summed E-state index contributed by atoms with van der Waals surface area (Å²) in [5.74, 6) is 0.661. The fourth-order valence-electron chi connectivity index (χ4n) is 3.31. The van der Waals surface area contributed by atoms with Gasteiger partial charge in [-0.3, -0.25) is 4.79 Å². The molecule has 110 valence electrons. The molecule has 2 heterocycles. The van der Waals surface area contributed by atoms with E-state index in [-0.39, 0.29) is 5.78 Å². The van der Waals surface area contributed by atoms with Gasteiger partial charge in [0.2, 0.25) is 0 Å². The predicted molar refractivity (Wildman–Crippen MR) is 81.9 cm³/mol. The molecule has 1 aromatic heterocycles. The zero-order valence-corrected chi connectivity index (χ0v) is 12.2. The number of carbonyl (C=O) groups excluding carboxylic acids is 1. The summed E-state index contributed by atoms with van der Waals surface area (Å²) in [5, 5.41) is 0. The van der Waals surface area contributed by atoms with Crippen molar-refractivity contribution in [3.8, 4) is 11.1 Å². The van der Waals surface area contributed by atoms with E-state index in [1.165, 1.54) is 6.33 Å². The highest BCUT2D eigenvalue weighted by molar-refractivity contribution is 6.08. The number of aliphatic imine (C=N–C) groups is 1. The Morgan fingerprint density at radius 2 is 1.95 bits per heavy atom. The number of Topliss-reactive ketones (excluding diaryl/α,β-unsaturated/α-hetero) is 1. The third kappa shape index (κ3) is 1.85. The lowest BCUT2D eigenvalue weighted by Gasteiger charge is -2.30. The Kier molecular flexibility index (Phi) is 2.82. The lowest BCUT2D eigenvalue weighted by atomic mass is 9.76. The van der Waals surface area contributed by atoms with Gasteiger partial charge in [-0.2, -0.15) is 0 Å². The van der Waals surface area contributed by atoms with Gasteiger partial charge in [0.15, 0.2) is 17.2 Å². The first-order valence-electron chi connectivity index (χ1n) is 7.31. The first-order valence-corrected chi connectivity index (χ1v) is 7.31. The van der Waals surface area contributed by atoms with Crippen LogP contribution in [0, 0.1) is 0 Å².